The van der Waals surface area contributed by atoms with E-state index in [0.29, 0.717) is 11.6 Å². The largest absolute Gasteiger partial charge is 0.427 e. The lowest BCUT2D eigenvalue weighted by Gasteiger charge is -2.35. The molecule has 96 valence electrons. The molecule has 0 aromatic heterocycles. The monoisotopic (exact) mass is 245 g/mol. The van der Waals surface area contributed by atoms with Crippen molar-refractivity contribution in [2.24, 2.45) is 0 Å². The van der Waals surface area contributed by atoms with E-state index < -0.39 is 8.72 Å². The first-order valence-corrected chi connectivity index (χ1v) is 8.59. The number of nitrogens with one attached hydrogen (secondary N) is 1. The van der Waals surface area contributed by atoms with E-state index in [1.54, 1.807) is 0 Å². The van der Waals surface area contributed by atoms with E-state index >= 15 is 0 Å². The molecule has 16 heavy (non-hydrogen) atoms. The zero-order chi connectivity index (χ0) is 12.0. The van der Waals surface area contributed by atoms with Crippen LogP contribution in [0.15, 0.2) is 0 Å². The van der Waals surface area contributed by atoms with Gasteiger partial charge in [0.05, 0.1) is 0 Å². The predicted molar refractivity (Wildman–Crippen MR) is 69.5 cm³/mol. The molecule has 3 nitrogen and oxygen atoms in total. The summed E-state index contributed by atoms with van der Waals surface area (Å²) in [5.74, 6) is 0. The molecule has 0 bridgehead atoms. The van der Waals surface area contributed by atoms with Crippen molar-refractivity contribution in [3.8, 4) is 0 Å². The molecule has 1 saturated carbocycles. The van der Waals surface area contributed by atoms with Crippen molar-refractivity contribution < 1.29 is 8.85 Å². The molecule has 0 atom stereocenters. The maximum atomic E-state index is 6.00. The molecular weight excluding hydrogens is 218 g/mol. The molecule has 1 fully saturated rings. The molecule has 1 N–H and O–H groups in total. The minimum absolute atomic E-state index is 0.452. The van der Waals surface area contributed by atoms with Crippen LogP contribution in [0.2, 0.25) is 5.54 Å². The van der Waals surface area contributed by atoms with Crippen LogP contribution in [0.4, 0.5) is 0 Å². The van der Waals surface area contributed by atoms with E-state index in [1.807, 2.05) is 0 Å². The minimum atomic E-state index is -2.19. The van der Waals surface area contributed by atoms with Gasteiger partial charge in [-0.3, -0.25) is 4.98 Å². The summed E-state index contributed by atoms with van der Waals surface area (Å²) in [6, 6.07) is 0.618. The molecule has 0 aromatic carbocycles. The lowest BCUT2D eigenvalue weighted by atomic mass is 10.3. The van der Waals surface area contributed by atoms with Crippen LogP contribution in [0.1, 0.15) is 53.4 Å². The summed E-state index contributed by atoms with van der Waals surface area (Å²) in [4.78, 5) is 3.73. The van der Waals surface area contributed by atoms with E-state index in [-0.39, 0.29) is 0 Å². The highest BCUT2D eigenvalue weighted by molar-refractivity contribution is 6.66. The Morgan fingerprint density at radius 2 is 1.62 bits per heavy atom. The number of hydrogen-bond donors (Lipinski definition) is 1. The first-order chi connectivity index (χ1) is 7.64. The molecule has 1 aliphatic rings. The Morgan fingerprint density at radius 1 is 1.12 bits per heavy atom. The Balaban J connectivity index is 2.65. The van der Waals surface area contributed by atoms with Gasteiger partial charge in [-0.05, 0) is 26.7 Å². The summed E-state index contributed by atoms with van der Waals surface area (Å²) in [5, 5.41) is 0. The molecule has 1 aliphatic carbocycles. The SMILES string of the molecule is CCO[Si](NC1CCCC1)(OCC)C(C)C. The third-order valence-corrected chi connectivity index (χ3v) is 7.00. The summed E-state index contributed by atoms with van der Waals surface area (Å²) in [5.41, 5.74) is 0.452. The molecule has 0 spiro atoms. The van der Waals surface area contributed by atoms with E-state index in [9.17, 15) is 0 Å². The van der Waals surface area contributed by atoms with Gasteiger partial charge in [-0.2, -0.15) is 0 Å². The third kappa shape index (κ3) is 3.55. The van der Waals surface area contributed by atoms with Crippen molar-refractivity contribution in [3.05, 3.63) is 0 Å². The van der Waals surface area contributed by atoms with Crippen LogP contribution in [0, 0.1) is 0 Å². The average Bonchev–Trinajstić information content (AvgIpc) is 2.70. The molecular formula is C12H27NO2Si. The van der Waals surface area contributed by atoms with Crippen LogP contribution in [0.5, 0.6) is 0 Å². The van der Waals surface area contributed by atoms with E-state index in [0.717, 1.165) is 13.2 Å². The normalized spacial score (nSPS) is 18.6. The second-order valence-corrected chi connectivity index (χ2v) is 8.17. The van der Waals surface area contributed by atoms with Gasteiger partial charge >= 0.3 is 8.72 Å². The topological polar surface area (TPSA) is 30.5 Å². The van der Waals surface area contributed by atoms with Gasteiger partial charge in [-0.15, -0.1) is 0 Å². The highest BCUT2D eigenvalue weighted by Gasteiger charge is 2.43. The Labute approximate surface area is 101 Å². The Hall–Kier alpha value is 0.0969. The van der Waals surface area contributed by atoms with E-state index in [4.69, 9.17) is 8.85 Å². The summed E-state index contributed by atoms with van der Waals surface area (Å²) in [7, 11) is -2.19. The Morgan fingerprint density at radius 3 is 2.00 bits per heavy atom. The molecule has 0 radical (unpaired) electrons. The summed E-state index contributed by atoms with van der Waals surface area (Å²) in [6.45, 7) is 10.0. The average molecular weight is 245 g/mol. The highest BCUT2D eigenvalue weighted by atomic mass is 28.4. The van der Waals surface area contributed by atoms with Gasteiger partial charge in [0.15, 0.2) is 0 Å². The lowest BCUT2D eigenvalue weighted by Crippen LogP contribution is -2.61. The zero-order valence-corrected chi connectivity index (χ0v) is 12.2. The first-order valence-electron chi connectivity index (χ1n) is 6.70. The molecule has 0 saturated heterocycles. The van der Waals surface area contributed by atoms with Gasteiger partial charge in [0.25, 0.3) is 0 Å². The van der Waals surface area contributed by atoms with E-state index in [2.05, 4.69) is 32.7 Å². The quantitative estimate of drug-likeness (QED) is 0.700. The van der Waals surface area contributed by atoms with Gasteiger partial charge in [-0.1, -0.05) is 26.7 Å². The number of rotatable bonds is 7. The smallest absolute Gasteiger partial charge is 0.383 e. The van der Waals surface area contributed by atoms with Gasteiger partial charge in [-0.25, -0.2) is 0 Å². The summed E-state index contributed by atoms with van der Waals surface area (Å²) >= 11 is 0. The second-order valence-electron chi connectivity index (χ2n) is 4.81. The van der Waals surface area contributed by atoms with Gasteiger partial charge in [0.1, 0.15) is 0 Å². The fourth-order valence-corrected chi connectivity index (χ4v) is 5.37. The van der Waals surface area contributed by atoms with Crippen molar-refractivity contribution in [2.75, 3.05) is 13.2 Å². The molecule has 0 amide bonds. The zero-order valence-electron chi connectivity index (χ0n) is 11.2. The van der Waals surface area contributed by atoms with Crippen molar-refractivity contribution in [1.82, 2.24) is 4.98 Å². The van der Waals surface area contributed by atoms with Crippen LogP contribution in [-0.4, -0.2) is 28.0 Å². The Kier molecular flexibility index (Phi) is 5.96. The second kappa shape index (κ2) is 6.74. The van der Waals surface area contributed by atoms with E-state index in [1.165, 1.54) is 25.7 Å². The molecule has 0 unspecified atom stereocenters. The highest BCUT2D eigenvalue weighted by Crippen LogP contribution is 2.26. The minimum Gasteiger partial charge on any atom is -0.383 e. The Bertz CT molecular complexity index is 187. The van der Waals surface area contributed by atoms with Crippen molar-refractivity contribution in [3.63, 3.8) is 0 Å². The summed E-state index contributed by atoms with van der Waals surface area (Å²) in [6.07, 6.45) is 5.25. The first kappa shape index (κ1) is 14.2. The molecule has 4 heteroatoms. The molecule has 0 aromatic rings. The van der Waals surface area contributed by atoms with Crippen LogP contribution in [-0.2, 0) is 8.85 Å². The van der Waals surface area contributed by atoms with Gasteiger partial charge in [0.2, 0.25) is 0 Å². The fraction of sp³-hybridized carbons (Fsp3) is 1.00. The van der Waals surface area contributed by atoms with Gasteiger partial charge < -0.3 is 8.85 Å². The van der Waals surface area contributed by atoms with Crippen LogP contribution in [0.3, 0.4) is 0 Å². The van der Waals surface area contributed by atoms with Crippen molar-refractivity contribution in [1.29, 1.82) is 0 Å². The standard InChI is InChI=1S/C12H27NO2Si/c1-5-14-16(11(3)4,15-6-2)13-12-9-7-8-10-12/h11-13H,5-10H2,1-4H3. The molecule has 0 aliphatic heterocycles. The van der Waals surface area contributed by atoms with Crippen LogP contribution >= 0.6 is 0 Å². The fourth-order valence-electron chi connectivity index (χ4n) is 2.41. The van der Waals surface area contributed by atoms with Gasteiger partial charge in [0, 0.05) is 24.8 Å². The van der Waals surface area contributed by atoms with Crippen molar-refractivity contribution >= 4 is 8.72 Å². The number of hydrogen-bond acceptors (Lipinski definition) is 3. The maximum absolute atomic E-state index is 6.00. The lowest BCUT2D eigenvalue weighted by molar-refractivity contribution is 0.158. The summed E-state index contributed by atoms with van der Waals surface area (Å²) < 4.78 is 12.0. The molecule has 0 heterocycles. The van der Waals surface area contributed by atoms with Crippen molar-refractivity contribution in [2.45, 2.75) is 65.0 Å². The third-order valence-electron chi connectivity index (χ3n) is 3.24. The molecule has 1 rings (SSSR count). The van der Waals surface area contributed by atoms with Crippen LogP contribution in [0.25, 0.3) is 0 Å². The predicted octanol–water partition coefficient (Wildman–Crippen LogP) is 2.94. The van der Waals surface area contributed by atoms with Crippen LogP contribution < -0.4 is 4.98 Å². The maximum Gasteiger partial charge on any atom is 0.427 e.